The van der Waals surface area contributed by atoms with Crippen molar-refractivity contribution in [1.29, 1.82) is 0 Å². The molecule has 0 bridgehead atoms. The zero-order chi connectivity index (χ0) is 22.5. The lowest BCUT2D eigenvalue weighted by atomic mass is 9.80. The molecule has 0 nitrogen and oxygen atoms in total. The Morgan fingerprint density at radius 1 is 0.367 bits per heavy atom. The summed E-state index contributed by atoms with van der Waals surface area (Å²) >= 11 is 0. The molecule has 0 saturated heterocycles. The number of hydrogen-bond acceptors (Lipinski definition) is 0. The highest BCUT2D eigenvalue weighted by molar-refractivity contribution is 4.69. The summed E-state index contributed by atoms with van der Waals surface area (Å²) in [7, 11) is 0. The molecule has 4 unspecified atom stereocenters. The first kappa shape index (κ1) is 30.0. The fraction of sp³-hybridized carbons (Fsp3) is 1.00. The highest BCUT2D eigenvalue weighted by Gasteiger charge is 2.18. The maximum atomic E-state index is 2.53. The maximum Gasteiger partial charge on any atom is -0.0414 e. The second kappa shape index (κ2) is 22.2. The van der Waals surface area contributed by atoms with Crippen LogP contribution in [-0.2, 0) is 0 Å². The maximum absolute atomic E-state index is 2.53. The first-order valence-electron chi connectivity index (χ1n) is 14.5. The summed E-state index contributed by atoms with van der Waals surface area (Å²) in [6, 6.07) is 0. The van der Waals surface area contributed by atoms with Gasteiger partial charge < -0.3 is 0 Å². The molecule has 0 spiro atoms. The van der Waals surface area contributed by atoms with Crippen molar-refractivity contribution in [3.8, 4) is 0 Å². The molecule has 0 heteroatoms. The van der Waals surface area contributed by atoms with Gasteiger partial charge >= 0.3 is 0 Å². The van der Waals surface area contributed by atoms with Crippen molar-refractivity contribution in [3.63, 3.8) is 0 Å². The van der Waals surface area contributed by atoms with Crippen LogP contribution < -0.4 is 0 Å². The van der Waals surface area contributed by atoms with Crippen molar-refractivity contribution in [2.45, 2.75) is 170 Å². The molecule has 0 saturated carbocycles. The van der Waals surface area contributed by atoms with Crippen molar-refractivity contribution in [2.75, 3.05) is 0 Å². The molecular weight excluding hydrogens is 360 g/mol. The molecule has 0 aliphatic rings. The van der Waals surface area contributed by atoms with Gasteiger partial charge in [-0.2, -0.15) is 0 Å². The zero-order valence-electron chi connectivity index (χ0n) is 22.5. The molecule has 0 aromatic carbocycles. The van der Waals surface area contributed by atoms with Gasteiger partial charge in [-0.1, -0.05) is 157 Å². The molecule has 0 N–H and O–H groups in total. The van der Waals surface area contributed by atoms with Crippen molar-refractivity contribution >= 4 is 0 Å². The Morgan fingerprint density at radius 2 is 0.633 bits per heavy atom. The highest BCUT2D eigenvalue weighted by atomic mass is 14.2. The highest BCUT2D eigenvalue weighted by Crippen LogP contribution is 2.29. The molecule has 30 heavy (non-hydrogen) atoms. The van der Waals surface area contributed by atoms with Gasteiger partial charge in [0.05, 0.1) is 0 Å². The van der Waals surface area contributed by atoms with Crippen LogP contribution in [0.2, 0.25) is 0 Å². The van der Waals surface area contributed by atoms with Gasteiger partial charge in [-0.05, 0) is 36.5 Å². The van der Waals surface area contributed by atoms with Crippen LogP contribution in [0.3, 0.4) is 0 Å². The van der Waals surface area contributed by atoms with E-state index in [2.05, 4.69) is 41.5 Å². The fourth-order valence-corrected chi connectivity index (χ4v) is 5.22. The minimum Gasteiger partial charge on any atom is -0.0654 e. The van der Waals surface area contributed by atoms with Crippen LogP contribution in [-0.4, -0.2) is 0 Å². The van der Waals surface area contributed by atoms with E-state index in [1.54, 1.807) is 0 Å². The average molecular weight is 423 g/mol. The summed E-state index contributed by atoms with van der Waals surface area (Å²) in [6.07, 6.45) is 29.0. The van der Waals surface area contributed by atoms with Crippen LogP contribution in [0.5, 0.6) is 0 Å². The Balaban J connectivity index is 3.64. The van der Waals surface area contributed by atoms with E-state index in [1.165, 1.54) is 128 Å². The third kappa shape index (κ3) is 19.9. The van der Waals surface area contributed by atoms with E-state index < -0.39 is 0 Å². The molecule has 0 rings (SSSR count). The normalized spacial score (nSPS) is 15.8. The first-order valence-corrected chi connectivity index (χ1v) is 14.5. The summed E-state index contributed by atoms with van der Waals surface area (Å²) < 4.78 is 0. The molecule has 0 radical (unpaired) electrons. The molecule has 182 valence electrons. The first-order chi connectivity index (χ1) is 14.5. The van der Waals surface area contributed by atoms with E-state index in [9.17, 15) is 0 Å². The lowest BCUT2D eigenvalue weighted by Gasteiger charge is -2.26. The standard InChI is InChI=1S/C30H62/c1-7-9-11-13-15-17-19-21-23-27(3)25-29(5)30(6)26-28(4)24-22-20-18-16-14-12-10-8-2/h27-30H,7-26H2,1-6H3. The molecular formula is C30H62. The van der Waals surface area contributed by atoms with Crippen molar-refractivity contribution in [1.82, 2.24) is 0 Å². The third-order valence-electron chi connectivity index (χ3n) is 7.62. The molecule has 0 amide bonds. The number of unbranched alkanes of at least 4 members (excludes halogenated alkanes) is 14. The monoisotopic (exact) mass is 422 g/mol. The van der Waals surface area contributed by atoms with Crippen LogP contribution in [0.25, 0.3) is 0 Å². The van der Waals surface area contributed by atoms with Crippen molar-refractivity contribution in [2.24, 2.45) is 23.7 Å². The summed E-state index contributed by atoms with van der Waals surface area (Å²) in [4.78, 5) is 0. The number of rotatable bonds is 23. The molecule has 0 aliphatic carbocycles. The Morgan fingerprint density at radius 3 is 0.933 bits per heavy atom. The summed E-state index contributed by atoms with van der Waals surface area (Å²) in [6.45, 7) is 14.7. The number of hydrogen-bond donors (Lipinski definition) is 0. The zero-order valence-corrected chi connectivity index (χ0v) is 22.5. The quantitative estimate of drug-likeness (QED) is 0.144. The Labute approximate surface area is 193 Å². The van der Waals surface area contributed by atoms with E-state index in [0.717, 1.165) is 23.7 Å². The van der Waals surface area contributed by atoms with Crippen molar-refractivity contribution < 1.29 is 0 Å². The SMILES string of the molecule is CCCCCCCCCCC(C)CC(C)C(C)CC(C)CCCCCCCCCC. The largest absolute Gasteiger partial charge is 0.0654 e. The van der Waals surface area contributed by atoms with Crippen LogP contribution in [0.15, 0.2) is 0 Å². The minimum atomic E-state index is 0.898. The van der Waals surface area contributed by atoms with Gasteiger partial charge in [-0.15, -0.1) is 0 Å². The molecule has 0 heterocycles. The van der Waals surface area contributed by atoms with Crippen LogP contribution in [0.4, 0.5) is 0 Å². The predicted molar refractivity (Wildman–Crippen MR) is 140 cm³/mol. The Bertz CT molecular complexity index is 288. The van der Waals surface area contributed by atoms with Gasteiger partial charge in [-0.25, -0.2) is 0 Å². The second-order valence-corrected chi connectivity index (χ2v) is 11.2. The second-order valence-electron chi connectivity index (χ2n) is 11.2. The minimum absolute atomic E-state index is 0.898. The summed E-state index contributed by atoms with van der Waals surface area (Å²) in [5, 5.41) is 0. The van der Waals surface area contributed by atoms with E-state index in [1.807, 2.05) is 0 Å². The van der Waals surface area contributed by atoms with Crippen LogP contribution in [0.1, 0.15) is 170 Å². The van der Waals surface area contributed by atoms with E-state index >= 15 is 0 Å². The molecule has 0 aromatic rings. The lowest BCUT2D eigenvalue weighted by molar-refractivity contribution is 0.255. The molecule has 0 aromatic heterocycles. The van der Waals surface area contributed by atoms with E-state index in [4.69, 9.17) is 0 Å². The summed E-state index contributed by atoms with van der Waals surface area (Å²) in [5.74, 6) is 3.64. The lowest BCUT2D eigenvalue weighted by Crippen LogP contribution is -2.15. The van der Waals surface area contributed by atoms with E-state index in [0.29, 0.717) is 0 Å². The van der Waals surface area contributed by atoms with Gasteiger partial charge in [0.25, 0.3) is 0 Å². The van der Waals surface area contributed by atoms with E-state index in [-0.39, 0.29) is 0 Å². The Hall–Kier alpha value is 0. The van der Waals surface area contributed by atoms with Gasteiger partial charge in [-0.3, -0.25) is 0 Å². The predicted octanol–water partition coefficient (Wildman–Crippen LogP) is 11.4. The fourth-order valence-electron chi connectivity index (χ4n) is 5.22. The smallest absolute Gasteiger partial charge is 0.0414 e. The van der Waals surface area contributed by atoms with Gasteiger partial charge in [0, 0.05) is 0 Å². The van der Waals surface area contributed by atoms with Crippen LogP contribution in [0, 0.1) is 23.7 Å². The molecule has 0 aliphatic heterocycles. The molecule has 0 fully saturated rings. The van der Waals surface area contributed by atoms with Gasteiger partial charge in [0.2, 0.25) is 0 Å². The van der Waals surface area contributed by atoms with Crippen LogP contribution >= 0.6 is 0 Å². The Kier molecular flexibility index (Phi) is 22.2. The van der Waals surface area contributed by atoms with Gasteiger partial charge in [0.1, 0.15) is 0 Å². The topological polar surface area (TPSA) is 0 Å². The van der Waals surface area contributed by atoms with Crippen molar-refractivity contribution in [3.05, 3.63) is 0 Å². The van der Waals surface area contributed by atoms with Gasteiger partial charge in [0.15, 0.2) is 0 Å². The third-order valence-corrected chi connectivity index (χ3v) is 7.62. The molecule has 4 atom stereocenters. The summed E-state index contributed by atoms with van der Waals surface area (Å²) in [5.41, 5.74) is 0. The average Bonchev–Trinajstić information content (AvgIpc) is 2.71.